The predicted molar refractivity (Wildman–Crippen MR) is 95.8 cm³/mol. The van der Waals surface area contributed by atoms with E-state index in [1.54, 1.807) is 23.8 Å². The molecule has 0 saturated carbocycles. The van der Waals surface area contributed by atoms with Crippen molar-refractivity contribution in [3.8, 4) is 11.5 Å². The molecule has 6 heteroatoms. The van der Waals surface area contributed by atoms with E-state index >= 15 is 0 Å². The molecule has 25 heavy (non-hydrogen) atoms. The van der Waals surface area contributed by atoms with Crippen LogP contribution in [0.3, 0.4) is 0 Å². The number of methoxy groups -OCH3 is 1. The monoisotopic (exact) mass is 342 g/mol. The topological polar surface area (TPSA) is 69.6 Å². The fourth-order valence-corrected chi connectivity index (χ4v) is 3.18. The molecule has 0 radical (unpaired) electrons. The molecular formula is C19H22N2O4. The number of hydrogen-bond acceptors (Lipinski definition) is 4. The SMILES string of the molecule is CCOc1cc(=O)n2c(c1C(=O)Nc1ccccc1OC)CCCC2. The fraction of sp³-hybridized carbons (Fsp3) is 0.368. The van der Waals surface area contributed by atoms with Crippen molar-refractivity contribution in [1.29, 1.82) is 0 Å². The van der Waals surface area contributed by atoms with Crippen LogP contribution < -0.4 is 20.3 Å². The van der Waals surface area contributed by atoms with Crippen LogP contribution in [-0.2, 0) is 13.0 Å². The second-order valence-corrected chi connectivity index (χ2v) is 5.86. The zero-order valence-corrected chi connectivity index (χ0v) is 14.5. The summed E-state index contributed by atoms with van der Waals surface area (Å²) in [6.45, 7) is 2.85. The number of carbonyl (C=O) groups is 1. The summed E-state index contributed by atoms with van der Waals surface area (Å²) in [5.74, 6) is 0.627. The number of ether oxygens (including phenoxy) is 2. The third-order valence-electron chi connectivity index (χ3n) is 4.31. The highest BCUT2D eigenvalue weighted by Gasteiger charge is 2.25. The van der Waals surface area contributed by atoms with E-state index < -0.39 is 0 Å². The first-order valence-electron chi connectivity index (χ1n) is 8.49. The predicted octanol–water partition coefficient (Wildman–Crippen LogP) is 2.84. The Morgan fingerprint density at radius 1 is 1.24 bits per heavy atom. The maximum Gasteiger partial charge on any atom is 0.261 e. The molecule has 0 aliphatic carbocycles. The van der Waals surface area contributed by atoms with E-state index in [2.05, 4.69) is 5.32 Å². The standard InChI is InChI=1S/C19H22N2O4/c1-3-25-16-12-17(22)21-11-7-6-9-14(21)18(16)19(23)20-13-8-4-5-10-15(13)24-2/h4-5,8,10,12H,3,6-7,9,11H2,1-2H3,(H,20,23). The lowest BCUT2D eigenvalue weighted by atomic mass is 10.0. The van der Waals surface area contributed by atoms with E-state index in [-0.39, 0.29) is 11.5 Å². The number of para-hydroxylation sites is 2. The van der Waals surface area contributed by atoms with Crippen molar-refractivity contribution in [2.45, 2.75) is 32.7 Å². The molecule has 1 amide bonds. The molecule has 0 atom stereocenters. The summed E-state index contributed by atoms with van der Waals surface area (Å²) in [5.41, 5.74) is 1.65. The molecule has 3 rings (SSSR count). The van der Waals surface area contributed by atoms with Crippen LogP contribution >= 0.6 is 0 Å². The van der Waals surface area contributed by atoms with Crippen LogP contribution in [-0.4, -0.2) is 24.2 Å². The molecule has 1 aromatic heterocycles. The number of nitrogens with zero attached hydrogens (tertiary/aromatic N) is 1. The summed E-state index contributed by atoms with van der Waals surface area (Å²) >= 11 is 0. The molecule has 1 aliphatic rings. The van der Waals surface area contributed by atoms with Crippen molar-refractivity contribution >= 4 is 11.6 Å². The number of pyridine rings is 1. The smallest absolute Gasteiger partial charge is 0.261 e. The molecule has 0 spiro atoms. The minimum atomic E-state index is -0.293. The number of aromatic nitrogens is 1. The van der Waals surface area contributed by atoms with Crippen molar-refractivity contribution in [2.24, 2.45) is 0 Å². The van der Waals surface area contributed by atoms with Gasteiger partial charge in [0.05, 0.1) is 19.4 Å². The Balaban J connectivity index is 2.05. The number of rotatable bonds is 5. The number of nitrogens with one attached hydrogen (secondary N) is 1. The lowest BCUT2D eigenvalue weighted by Crippen LogP contribution is -2.31. The summed E-state index contributed by atoms with van der Waals surface area (Å²) in [7, 11) is 1.56. The highest BCUT2D eigenvalue weighted by molar-refractivity contribution is 6.07. The van der Waals surface area contributed by atoms with Gasteiger partial charge in [-0.25, -0.2) is 0 Å². The van der Waals surface area contributed by atoms with Crippen molar-refractivity contribution < 1.29 is 14.3 Å². The highest BCUT2D eigenvalue weighted by Crippen LogP contribution is 2.28. The lowest BCUT2D eigenvalue weighted by molar-refractivity contribution is 0.102. The average Bonchev–Trinajstić information content (AvgIpc) is 2.62. The van der Waals surface area contributed by atoms with E-state index in [1.165, 1.54) is 6.07 Å². The van der Waals surface area contributed by atoms with Crippen molar-refractivity contribution in [1.82, 2.24) is 4.57 Å². The molecule has 0 unspecified atom stereocenters. The molecule has 132 valence electrons. The van der Waals surface area contributed by atoms with Crippen LogP contribution in [0.1, 0.15) is 35.8 Å². The number of anilines is 1. The minimum absolute atomic E-state index is 0.119. The fourth-order valence-electron chi connectivity index (χ4n) is 3.18. The van der Waals surface area contributed by atoms with Crippen molar-refractivity contribution in [3.63, 3.8) is 0 Å². The maximum atomic E-state index is 13.0. The van der Waals surface area contributed by atoms with Crippen LogP contribution in [0, 0.1) is 0 Å². The van der Waals surface area contributed by atoms with Crippen molar-refractivity contribution in [3.05, 3.63) is 51.9 Å². The number of amides is 1. The zero-order chi connectivity index (χ0) is 17.8. The van der Waals surface area contributed by atoms with Crippen LogP contribution in [0.4, 0.5) is 5.69 Å². The second-order valence-electron chi connectivity index (χ2n) is 5.86. The average molecular weight is 342 g/mol. The van der Waals surface area contributed by atoms with Gasteiger partial charge in [0.2, 0.25) is 0 Å². The van der Waals surface area contributed by atoms with E-state index in [0.717, 1.165) is 18.5 Å². The molecule has 1 aromatic carbocycles. The third kappa shape index (κ3) is 3.38. The Kier molecular flexibility index (Phi) is 5.07. The molecular weight excluding hydrogens is 320 g/mol. The maximum absolute atomic E-state index is 13.0. The first-order chi connectivity index (χ1) is 12.2. The van der Waals surface area contributed by atoms with Crippen LogP contribution in [0.2, 0.25) is 0 Å². The third-order valence-corrected chi connectivity index (χ3v) is 4.31. The van der Waals surface area contributed by atoms with E-state index in [9.17, 15) is 9.59 Å². The first kappa shape index (κ1) is 17.1. The molecule has 0 fully saturated rings. The van der Waals surface area contributed by atoms with Crippen LogP contribution in [0.5, 0.6) is 11.5 Å². The summed E-state index contributed by atoms with van der Waals surface area (Å²) < 4.78 is 12.6. The number of hydrogen-bond donors (Lipinski definition) is 1. The molecule has 1 aliphatic heterocycles. The van der Waals surface area contributed by atoms with Crippen LogP contribution in [0.25, 0.3) is 0 Å². The van der Waals surface area contributed by atoms with Gasteiger partial charge in [-0.1, -0.05) is 12.1 Å². The summed E-state index contributed by atoms with van der Waals surface area (Å²) in [6, 6.07) is 8.63. The summed E-state index contributed by atoms with van der Waals surface area (Å²) in [4.78, 5) is 25.3. The van der Waals surface area contributed by atoms with Crippen molar-refractivity contribution in [2.75, 3.05) is 19.0 Å². The van der Waals surface area contributed by atoms with Gasteiger partial charge >= 0.3 is 0 Å². The van der Waals surface area contributed by atoms with Gasteiger partial charge in [-0.3, -0.25) is 9.59 Å². The molecule has 2 heterocycles. The highest BCUT2D eigenvalue weighted by atomic mass is 16.5. The molecule has 1 N–H and O–H groups in total. The molecule has 6 nitrogen and oxygen atoms in total. The Hall–Kier alpha value is -2.76. The quantitative estimate of drug-likeness (QED) is 0.907. The first-order valence-corrected chi connectivity index (χ1v) is 8.49. The Morgan fingerprint density at radius 3 is 2.80 bits per heavy atom. The van der Waals surface area contributed by atoms with Gasteiger partial charge in [0.25, 0.3) is 11.5 Å². The largest absolute Gasteiger partial charge is 0.495 e. The van der Waals surface area contributed by atoms with Gasteiger partial charge in [0.15, 0.2) is 0 Å². The molecule has 0 saturated heterocycles. The van der Waals surface area contributed by atoms with Gasteiger partial charge in [0.1, 0.15) is 17.1 Å². The van der Waals surface area contributed by atoms with Gasteiger partial charge in [0, 0.05) is 18.3 Å². The Morgan fingerprint density at radius 2 is 2.04 bits per heavy atom. The lowest BCUT2D eigenvalue weighted by Gasteiger charge is -2.23. The van der Waals surface area contributed by atoms with Gasteiger partial charge in [-0.15, -0.1) is 0 Å². The molecule has 0 bridgehead atoms. The van der Waals surface area contributed by atoms with Crippen LogP contribution in [0.15, 0.2) is 35.1 Å². The normalized spacial score (nSPS) is 13.0. The van der Waals surface area contributed by atoms with Gasteiger partial charge < -0.3 is 19.4 Å². The van der Waals surface area contributed by atoms with E-state index in [4.69, 9.17) is 9.47 Å². The number of benzene rings is 1. The summed E-state index contributed by atoms with van der Waals surface area (Å²) in [6.07, 6.45) is 2.57. The minimum Gasteiger partial charge on any atom is -0.495 e. The van der Waals surface area contributed by atoms with E-state index in [0.29, 0.717) is 42.3 Å². The number of carbonyl (C=O) groups excluding carboxylic acids is 1. The Bertz CT molecular complexity index is 842. The van der Waals surface area contributed by atoms with E-state index in [1.807, 2.05) is 19.1 Å². The second kappa shape index (κ2) is 7.42. The van der Waals surface area contributed by atoms with Gasteiger partial charge in [-0.2, -0.15) is 0 Å². The zero-order valence-electron chi connectivity index (χ0n) is 14.5. The Labute approximate surface area is 146 Å². The number of fused-ring (bicyclic) bond motifs is 1. The molecule has 2 aromatic rings. The summed E-state index contributed by atoms with van der Waals surface area (Å²) in [5, 5.41) is 2.89. The van der Waals surface area contributed by atoms with Gasteiger partial charge in [-0.05, 0) is 38.3 Å².